The number of hydrogen-bond acceptors (Lipinski definition) is 7. The maximum atomic E-state index is 13.0. The highest BCUT2D eigenvalue weighted by Gasteiger charge is 2.10. The number of halogens is 2. The third-order valence-electron chi connectivity index (χ3n) is 3.93. The highest BCUT2D eigenvalue weighted by molar-refractivity contribution is 9.10. The van der Waals surface area contributed by atoms with E-state index in [0.717, 1.165) is 11.8 Å². The van der Waals surface area contributed by atoms with Gasteiger partial charge in [0.1, 0.15) is 24.4 Å². The summed E-state index contributed by atoms with van der Waals surface area (Å²) in [6.45, 7) is 0.254. The van der Waals surface area contributed by atoms with Gasteiger partial charge in [0.2, 0.25) is 0 Å². The minimum Gasteiger partial charge on any atom is -0.493 e. The lowest BCUT2D eigenvalue weighted by Gasteiger charge is -2.13. The van der Waals surface area contributed by atoms with Gasteiger partial charge in [-0.25, -0.2) is 9.37 Å². The standard InChI is InChI=1S/C20H16BrFN4O4/c1-29-18-8-14(10-24-25-20-7-6-16(11-23-20)26(27)28)17(21)9-19(18)30-12-13-2-4-15(22)5-3-13/h2-11H,12H2,1H3,(H,23,25). The van der Waals surface area contributed by atoms with Crippen LogP contribution in [0.3, 0.4) is 0 Å². The van der Waals surface area contributed by atoms with Gasteiger partial charge in [-0.15, -0.1) is 0 Å². The van der Waals surface area contributed by atoms with Crippen molar-refractivity contribution in [2.45, 2.75) is 6.61 Å². The van der Waals surface area contributed by atoms with E-state index in [1.54, 1.807) is 30.5 Å². The molecule has 8 nitrogen and oxygen atoms in total. The zero-order valence-electron chi connectivity index (χ0n) is 15.7. The minimum absolute atomic E-state index is 0.103. The van der Waals surface area contributed by atoms with E-state index in [0.29, 0.717) is 27.4 Å². The lowest BCUT2D eigenvalue weighted by molar-refractivity contribution is -0.385. The second-order valence-corrected chi connectivity index (χ2v) is 6.82. The first kappa shape index (κ1) is 21.2. The van der Waals surface area contributed by atoms with Crippen LogP contribution in [0.5, 0.6) is 11.5 Å². The van der Waals surface area contributed by atoms with E-state index in [2.05, 4.69) is 31.4 Å². The van der Waals surface area contributed by atoms with Gasteiger partial charge in [-0.3, -0.25) is 15.5 Å². The molecule has 0 spiro atoms. The van der Waals surface area contributed by atoms with Gasteiger partial charge >= 0.3 is 0 Å². The molecule has 0 amide bonds. The molecule has 0 aliphatic heterocycles. The second-order valence-electron chi connectivity index (χ2n) is 5.97. The summed E-state index contributed by atoms with van der Waals surface area (Å²) in [4.78, 5) is 14.0. The van der Waals surface area contributed by atoms with Crippen LogP contribution in [0.4, 0.5) is 15.9 Å². The Kier molecular flexibility index (Phi) is 6.91. The molecule has 0 aliphatic rings. The summed E-state index contributed by atoms with van der Waals surface area (Å²) in [5.74, 6) is 1.06. The summed E-state index contributed by atoms with van der Waals surface area (Å²) in [5.41, 5.74) is 4.12. The Bertz CT molecular complexity index is 1060. The van der Waals surface area contributed by atoms with Crippen LogP contribution in [0, 0.1) is 15.9 Å². The predicted molar refractivity (Wildman–Crippen MR) is 114 cm³/mol. The predicted octanol–water partition coefficient (Wildman–Crippen LogP) is 4.93. The molecule has 0 saturated carbocycles. The zero-order valence-corrected chi connectivity index (χ0v) is 17.3. The van der Waals surface area contributed by atoms with Crippen LogP contribution in [0.25, 0.3) is 0 Å². The Morgan fingerprint density at radius 3 is 2.63 bits per heavy atom. The molecule has 1 aromatic heterocycles. The van der Waals surface area contributed by atoms with E-state index in [4.69, 9.17) is 9.47 Å². The first-order valence-corrected chi connectivity index (χ1v) is 9.40. The average Bonchev–Trinajstić information content (AvgIpc) is 2.75. The number of hydrazone groups is 1. The van der Waals surface area contributed by atoms with Gasteiger partial charge in [0.25, 0.3) is 5.69 Å². The van der Waals surface area contributed by atoms with E-state index in [9.17, 15) is 14.5 Å². The first-order valence-electron chi connectivity index (χ1n) is 8.60. The zero-order chi connectivity index (χ0) is 21.5. The summed E-state index contributed by atoms with van der Waals surface area (Å²) in [5, 5.41) is 14.7. The third kappa shape index (κ3) is 5.51. The van der Waals surface area contributed by atoms with Crippen LogP contribution in [-0.4, -0.2) is 23.2 Å². The second kappa shape index (κ2) is 9.79. The third-order valence-corrected chi connectivity index (χ3v) is 4.62. The highest BCUT2D eigenvalue weighted by atomic mass is 79.9. The smallest absolute Gasteiger partial charge is 0.287 e. The molecule has 1 N–H and O–H groups in total. The number of hydrogen-bond donors (Lipinski definition) is 1. The van der Waals surface area contributed by atoms with Gasteiger partial charge in [0.15, 0.2) is 11.5 Å². The number of ether oxygens (including phenoxy) is 2. The topological polar surface area (TPSA) is 98.9 Å². The van der Waals surface area contributed by atoms with Crippen LogP contribution in [0.2, 0.25) is 0 Å². The number of rotatable bonds is 8. The van der Waals surface area contributed by atoms with Gasteiger partial charge < -0.3 is 9.47 Å². The molecule has 0 atom stereocenters. The molecule has 0 radical (unpaired) electrons. The van der Waals surface area contributed by atoms with Crippen LogP contribution in [0.15, 0.2) is 64.3 Å². The lowest BCUT2D eigenvalue weighted by atomic mass is 10.2. The molecule has 3 aromatic rings. The van der Waals surface area contributed by atoms with Crippen LogP contribution < -0.4 is 14.9 Å². The quantitative estimate of drug-likeness (QED) is 0.282. The number of aromatic nitrogens is 1. The fourth-order valence-electron chi connectivity index (χ4n) is 2.39. The molecule has 0 aliphatic carbocycles. The molecule has 30 heavy (non-hydrogen) atoms. The maximum absolute atomic E-state index is 13.0. The number of nitrogens with zero attached hydrogens (tertiary/aromatic N) is 3. The van der Waals surface area contributed by atoms with Crippen molar-refractivity contribution in [3.05, 3.63) is 86.3 Å². The highest BCUT2D eigenvalue weighted by Crippen LogP contribution is 2.33. The van der Waals surface area contributed by atoms with Crippen molar-refractivity contribution in [3.63, 3.8) is 0 Å². The molecule has 0 fully saturated rings. The van der Waals surface area contributed by atoms with Gasteiger partial charge in [-0.1, -0.05) is 12.1 Å². The SMILES string of the molecule is COc1cc(C=NNc2ccc([N+](=O)[O-])cn2)c(Br)cc1OCc1ccc(F)cc1. The number of anilines is 1. The number of pyridine rings is 1. The van der Waals surface area contributed by atoms with Crippen molar-refractivity contribution >= 4 is 33.6 Å². The Morgan fingerprint density at radius 1 is 1.23 bits per heavy atom. The first-order chi connectivity index (χ1) is 14.5. The van der Waals surface area contributed by atoms with Crippen molar-refractivity contribution < 1.29 is 18.8 Å². The van der Waals surface area contributed by atoms with Gasteiger partial charge in [-0.05, 0) is 51.8 Å². The number of benzene rings is 2. The molecule has 0 bridgehead atoms. The van der Waals surface area contributed by atoms with Crippen molar-refractivity contribution in [3.8, 4) is 11.5 Å². The van der Waals surface area contributed by atoms with E-state index in [1.807, 2.05) is 0 Å². The largest absolute Gasteiger partial charge is 0.493 e. The van der Waals surface area contributed by atoms with Crippen molar-refractivity contribution in [1.82, 2.24) is 4.98 Å². The molecule has 1 heterocycles. The Morgan fingerprint density at radius 2 is 2.00 bits per heavy atom. The molecular formula is C20H16BrFN4O4. The fourth-order valence-corrected chi connectivity index (χ4v) is 2.82. The van der Waals surface area contributed by atoms with E-state index >= 15 is 0 Å². The van der Waals surface area contributed by atoms with E-state index in [-0.39, 0.29) is 18.1 Å². The molecule has 0 saturated heterocycles. The van der Waals surface area contributed by atoms with Crippen LogP contribution in [-0.2, 0) is 6.61 Å². The Labute approximate surface area is 179 Å². The summed E-state index contributed by atoms with van der Waals surface area (Å²) in [6.07, 6.45) is 2.68. The van der Waals surface area contributed by atoms with Crippen molar-refractivity contribution in [2.24, 2.45) is 5.10 Å². The van der Waals surface area contributed by atoms with E-state index in [1.165, 1.54) is 31.4 Å². The fraction of sp³-hybridized carbons (Fsp3) is 0.100. The van der Waals surface area contributed by atoms with Gasteiger partial charge in [0.05, 0.1) is 18.2 Å². The van der Waals surface area contributed by atoms with Crippen LogP contribution in [0.1, 0.15) is 11.1 Å². The normalized spacial score (nSPS) is 10.8. The van der Waals surface area contributed by atoms with E-state index < -0.39 is 4.92 Å². The number of nitrogens with one attached hydrogen (secondary N) is 1. The summed E-state index contributed by atoms with van der Waals surface area (Å²) in [6, 6.07) is 12.3. The van der Waals surface area contributed by atoms with Crippen LogP contribution >= 0.6 is 15.9 Å². The average molecular weight is 475 g/mol. The van der Waals surface area contributed by atoms with Gasteiger partial charge in [0, 0.05) is 16.1 Å². The summed E-state index contributed by atoms with van der Waals surface area (Å²) in [7, 11) is 1.52. The molecule has 3 rings (SSSR count). The molecule has 154 valence electrons. The number of nitro groups is 1. The molecule has 10 heteroatoms. The van der Waals surface area contributed by atoms with Gasteiger partial charge in [-0.2, -0.15) is 5.10 Å². The monoisotopic (exact) mass is 474 g/mol. The summed E-state index contributed by atoms with van der Waals surface area (Å²) >= 11 is 3.46. The summed E-state index contributed by atoms with van der Waals surface area (Å²) < 4.78 is 24.9. The molecule has 2 aromatic carbocycles. The molecular weight excluding hydrogens is 459 g/mol. The van der Waals surface area contributed by atoms with Crippen molar-refractivity contribution in [2.75, 3.05) is 12.5 Å². The van der Waals surface area contributed by atoms with Crippen molar-refractivity contribution in [1.29, 1.82) is 0 Å². The molecule has 0 unspecified atom stereocenters. The maximum Gasteiger partial charge on any atom is 0.287 e. The Hall–Kier alpha value is -3.53. The Balaban J connectivity index is 1.68. The minimum atomic E-state index is -0.525. The lowest BCUT2D eigenvalue weighted by Crippen LogP contribution is -2.00. The number of methoxy groups -OCH3 is 1.